The van der Waals surface area contributed by atoms with Gasteiger partial charge in [0, 0.05) is 18.6 Å². The molecule has 4 heteroatoms. The van der Waals surface area contributed by atoms with Crippen molar-refractivity contribution in [2.45, 2.75) is 12.8 Å². The predicted molar refractivity (Wildman–Crippen MR) is 67.8 cm³/mol. The van der Waals surface area contributed by atoms with Crippen molar-refractivity contribution in [3.8, 4) is 0 Å². The van der Waals surface area contributed by atoms with Crippen molar-refractivity contribution < 1.29 is 4.39 Å². The summed E-state index contributed by atoms with van der Waals surface area (Å²) in [6.07, 6.45) is 2.12. The zero-order valence-corrected chi connectivity index (χ0v) is 10.5. The highest BCUT2D eigenvalue weighted by molar-refractivity contribution is 6.30. The summed E-state index contributed by atoms with van der Waals surface area (Å²) in [4.78, 5) is 1.90. The molecular formula is C12H18ClFN2. The van der Waals surface area contributed by atoms with E-state index in [-0.39, 0.29) is 5.82 Å². The summed E-state index contributed by atoms with van der Waals surface area (Å²) in [5.74, 6) is -0.222. The molecule has 2 nitrogen and oxygen atoms in total. The molecule has 0 unspecified atom stereocenters. The van der Waals surface area contributed by atoms with Crippen LogP contribution in [-0.2, 0) is 0 Å². The molecular weight excluding hydrogens is 227 g/mol. The van der Waals surface area contributed by atoms with Crippen molar-refractivity contribution in [2.75, 3.05) is 32.1 Å². The highest BCUT2D eigenvalue weighted by Gasteiger charge is 2.07. The molecule has 16 heavy (non-hydrogen) atoms. The van der Waals surface area contributed by atoms with Crippen LogP contribution in [0.25, 0.3) is 0 Å². The molecule has 1 rings (SSSR count). The van der Waals surface area contributed by atoms with Crippen molar-refractivity contribution in [1.82, 2.24) is 5.32 Å². The van der Waals surface area contributed by atoms with Crippen LogP contribution in [0.2, 0.25) is 5.02 Å². The standard InChI is InChI=1S/C12H18ClFN2/c1-15-7-3-4-8-16(2)12-9-10(13)5-6-11(12)14/h5-6,9,15H,3-4,7-8H2,1-2H3. The van der Waals surface area contributed by atoms with Gasteiger partial charge in [-0.15, -0.1) is 0 Å². The molecule has 0 bridgehead atoms. The fraction of sp³-hybridized carbons (Fsp3) is 0.500. The Balaban J connectivity index is 2.51. The molecule has 0 fully saturated rings. The fourth-order valence-electron chi connectivity index (χ4n) is 1.55. The van der Waals surface area contributed by atoms with E-state index in [4.69, 9.17) is 11.6 Å². The summed E-state index contributed by atoms with van der Waals surface area (Å²) in [6.45, 7) is 1.82. The maximum absolute atomic E-state index is 13.5. The lowest BCUT2D eigenvalue weighted by atomic mass is 10.2. The molecule has 0 aliphatic carbocycles. The molecule has 0 saturated carbocycles. The largest absolute Gasteiger partial charge is 0.372 e. The van der Waals surface area contributed by atoms with E-state index < -0.39 is 0 Å². The number of halogens is 2. The van der Waals surface area contributed by atoms with Gasteiger partial charge in [-0.25, -0.2) is 4.39 Å². The quantitative estimate of drug-likeness (QED) is 0.775. The van der Waals surface area contributed by atoms with E-state index in [1.54, 1.807) is 12.1 Å². The van der Waals surface area contributed by atoms with Gasteiger partial charge in [0.15, 0.2) is 0 Å². The van der Waals surface area contributed by atoms with Crippen LogP contribution in [0, 0.1) is 5.82 Å². The molecule has 1 aromatic carbocycles. The third-order valence-corrected chi connectivity index (χ3v) is 2.72. The maximum atomic E-state index is 13.5. The van der Waals surface area contributed by atoms with Crippen molar-refractivity contribution in [2.24, 2.45) is 0 Å². The molecule has 0 spiro atoms. The predicted octanol–water partition coefficient (Wildman–Crippen LogP) is 2.91. The second-order valence-electron chi connectivity index (χ2n) is 3.83. The molecule has 0 aliphatic rings. The van der Waals surface area contributed by atoms with E-state index in [1.807, 2.05) is 19.0 Å². The zero-order valence-electron chi connectivity index (χ0n) is 9.76. The van der Waals surface area contributed by atoms with E-state index in [2.05, 4.69) is 5.32 Å². The van der Waals surface area contributed by atoms with Crippen LogP contribution in [0.3, 0.4) is 0 Å². The molecule has 0 heterocycles. The number of anilines is 1. The van der Waals surface area contributed by atoms with E-state index in [1.165, 1.54) is 6.07 Å². The minimum atomic E-state index is -0.222. The Bertz CT molecular complexity index is 331. The third-order valence-electron chi connectivity index (χ3n) is 2.49. The molecule has 90 valence electrons. The number of unbranched alkanes of at least 4 members (excludes halogenated alkanes) is 1. The highest BCUT2D eigenvalue weighted by Crippen LogP contribution is 2.22. The molecule has 0 atom stereocenters. The topological polar surface area (TPSA) is 15.3 Å². The summed E-state index contributed by atoms with van der Waals surface area (Å²) in [5.41, 5.74) is 0.567. The lowest BCUT2D eigenvalue weighted by molar-refractivity contribution is 0.615. The number of nitrogens with one attached hydrogen (secondary N) is 1. The summed E-state index contributed by atoms with van der Waals surface area (Å²) < 4.78 is 13.5. The van der Waals surface area contributed by atoms with Crippen LogP contribution in [0.15, 0.2) is 18.2 Å². The van der Waals surface area contributed by atoms with E-state index in [0.29, 0.717) is 10.7 Å². The lowest BCUT2D eigenvalue weighted by Gasteiger charge is -2.20. The van der Waals surface area contributed by atoms with Crippen LogP contribution in [0.5, 0.6) is 0 Å². The van der Waals surface area contributed by atoms with Gasteiger partial charge in [-0.2, -0.15) is 0 Å². The minimum Gasteiger partial charge on any atom is -0.372 e. The van der Waals surface area contributed by atoms with E-state index in [9.17, 15) is 4.39 Å². The Hall–Kier alpha value is -0.800. The van der Waals surface area contributed by atoms with E-state index in [0.717, 1.165) is 25.9 Å². The number of benzene rings is 1. The van der Waals surface area contributed by atoms with Crippen molar-refractivity contribution in [1.29, 1.82) is 0 Å². The smallest absolute Gasteiger partial charge is 0.146 e. The number of nitrogens with zero attached hydrogens (tertiary/aromatic N) is 1. The monoisotopic (exact) mass is 244 g/mol. The van der Waals surface area contributed by atoms with Gasteiger partial charge < -0.3 is 10.2 Å². The minimum absolute atomic E-state index is 0.222. The van der Waals surface area contributed by atoms with Crippen molar-refractivity contribution in [3.05, 3.63) is 29.0 Å². The normalized spacial score (nSPS) is 10.5. The average molecular weight is 245 g/mol. The highest BCUT2D eigenvalue weighted by atomic mass is 35.5. The Labute approximate surface area is 101 Å². The summed E-state index contributed by atoms with van der Waals surface area (Å²) >= 11 is 5.84. The van der Waals surface area contributed by atoms with Crippen LogP contribution < -0.4 is 10.2 Å². The van der Waals surface area contributed by atoms with Gasteiger partial charge >= 0.3 is 0 Å². The van der Waals surface area contributed by atoms with Gasteiger partial charge in [0.25, 0.3) is 0 Å². The Kier molecular flexibility index (Phi) is 5.56. The van der Waals surface area contributed by atoms with Gasteiger partial charge in [-0.3, -0.25) is 0 Å². The van der Waals surface area contributed by atoms with Crippen LogP contribution in [0.4, 0.5) is 10.1 Å². The van der Waals surface area contributed by atoms with Gasteiger partial charge in [0.1, 0.15) is 5.82 Å². The first-order chi connectivity index (χ1) is 7.65. The maximum Gasteiger partial charge on any atom is 0.146 e. The van der Waals surface area contributed by atoms with Gasteiger partial charge in [0.2, 0.25) is 0 Å². The first-order valence-corrected chi connectivity index (χ1v) is 5.83. The molecule has 0 saturated heterocycles. The Morgan fingerprint density at radius 1 is 1.38 bits per heavy atom. The second kappa shape index (κ2) is 6.71. The van der Waals surface area contributed by atoms with Gasteiger partial charge in [0.05, 0.1) is 5.69 Å². The summed E-state index contributed by atoms with van der Waals surface area (Å²) in [7, 11) is 3.81. The second-order valence-corrected chi connectivity index (χ2v) is 4.26. The molecule has 0 amide bonds. The molecule has 1 aromatic rings. The molecule has 0 aliphatic heterocycles. The number of rotatable bonds is 6. The third kappa shape index (κ3) is 3.99. The van der Waals surface area contributed by atoms with Crippen molar-refractivity contribution in [3.63, 3.8) is 0 Å². The lowest BCUT2D eigenvalue weighted by Crippen LogP contribution is -2.20. The summed E-state index contributed by atoms with van der Waals surface area (Å²) in [6, 6.07) is 4.63. The fourth-order valence-corrected chi connectivity index (χ4v) is 1.72. The summed E-state index contributed by atoms with van der Waals surface area (Å²) in [5, 5.41) is 3.66. The van der Waals surface area contributed by atoms with Crippen LogP contribution in [0.1, 0.15) is 12.8 Å². The number of hydrogen-bond acceptors (Lipinski definition) is 2. The SMILES string of the molecule is CNCCCCN(C)c1cc(Cl)ccc1F. The first-order valence-electron chi connectivity index (χ1n) is 5.46. The zero-order chi connectivity index (χ0) is 12.0. The first kappa shape index (κ1) is 13.3. The average Bonchev–Trinajstić information content (AvgIpc) is 2.27. The van der Waals surface area contributed by atoms with Crippen molar-refractivity contribution >= 4 is 17.3 Å². The van der Waals surface area contributed by atoms with Crippen LogP contribution in [-0.4, -0.2) is 27.2 Å². The Morgan fingerprint density at radius 3 is 2.81 bits per heavy atom. The van der Waals surface area contributed by atoms with Gasteiger partial charge in [-0.1, -0.05) is 11.6 Å². The molecule has 0 aromatic heterocycles. The molecule has 1 N–H and O–H groups in total. The number of hydrogen-bond donors (Lipinski definition) is 1. The van der Waals surface area contributed by atoms with E-state index >= 15 is 0 Å². The Morgan fingerprint density at radius 2 is 2.12 bits per heavy atom. The van der Waals surface area contributed by atoms with Crippen LogP contribution >= 0.6 is 11.6 Å². The van der Waals surface area contributed by atoms with Gasteiger partial charge in [-0.05, 0) is 44.6 Å². The molecule has 0 radical (unpaired) electrons.